The maximum Gasteiger partial charge on any atom is 0.407 e. The van der Waals surface area contributed by atoms with E-state index in [0.717, 1.165) is 22.3 Å². The lowest BCUT2D eigenvalue weighted by atomic mass is 9.76. The second kappa shape index (κ2) is 16.0. The zero-order chi connectivity index (χ0) is 37.4. The van der Waals surface area contributed by atoms with Gasteiger partial charge in [0, 0.05) is 43.6 Å². The third-order valence-electron chi connectivity index (χ3n) is 8.91. The predicted molar refractivity (Wildman–Crippen MR) is 207 cm³/mol. The molecule has 10 heteroatoms. The number of fused-ring (bicyclic) bond motifs is 1. The van der Waals surface area contributed by atoms with Crippen LogP contribution in [0.15, 0.2) is 133 Å². The van der Waals surface area contributed by atoms with Gasteiger partial charge in [-0.1, -0.05) is 97.1 Å². The molecule has 1 amide bonds. The van der Waals surface area contributed by atoms with E-state index in [1.807, 2.05) is 61.9 Å². The third kappa shape index (κ3) is 8.02. The van der Waals surface area contributed by atoms with E-state index in [4.69, 9.17) is 14.5 Å². The highest BCUT2D eigenvalue weighted by molar-refractivity contribution is 5.94. The van der Waals surface area contributed by atoms with E-state index in [1.165, 1.54) is 0 Å². The molecule has 0 spiro atoms. The van der Waals surface area contributed by atoms with Crippen LogP contribution >= 0.6 is 0 Å². The van der Waals surface area contributed by atoms with Crippen LogP contribution in [0.5, 0.6) is 0 Å². The van der Waals surface area contributed by atoms with Gasteiger partial charge in [0.15, 0.2) is 0 Å². The molecule has 2 aromatic heterocycles. The molecule has 2 N–H and O–H groups in total. The summed E-state index contributed by atoms with van der Waals surface area (Å²) in [6.07, 6.45) is 5.37. The average Bonchev–Trinajstić information content (AvgIpc) is 3.63. The van der Waals surface area contributed by atoms with Gasteiger partial charge in [0.05, 0.1) is 12.1 Å². The quantitative estimate of drug-likeness (QED) is 0.0715. The molecule has 0 atom stereocenters. The highest BCUT2D eigenvalue weighted by atomic mass is 16.6. The maximum absolute atomic E-state index is 13.5. The fourth-order valence-electron chi connectivity index (χ4n) is 6.68. The number of imidazole rings is 1. The van der Waals surface area contributed by atoms with E-state index in [1.54, 1.807) is 25.4 Å². The van der Waals surface area contributed by atoms with E-state index >= 15 is 0 Å². The average molecular weight is 712 g/mol. The van der Waals surface area contributed by atoms with E-state index in [9.17, 15) is 14.4 Å². The minimum Gasteiger partial charge on any atom is -0.462 e. The number of rotatable bonds is 13. The molecule has 0 aliphatic heterocycles. The molecule has 0 unspecified atom stereocenters. The van der Waals surface area contributed by atoms with Gasteiger partial charge < -0.3 is 24.7 Å². The first-order chi connectivity index (χ1) is 25.6. The highest BCUT2D eigenvalue weighted by Crippen LogP contribution is 2.42. The maximum atomic E-state index is 13.5. The first-order valence-electron chi connectivity index (χ1n) is 17.9. The van der Waals surface area contributed by atoms with Crippen molar-refractivity contribution in [3.05, 3.63) is 166 Å². The number of benzene rings is 4. The van der Waals surface area contributed by atoms with Crippen molar-refractivity contribution in [2.45, 2.75) is 58.3 Å². The van der Waals surface area contributed by atoms with Crippen molar-refractivity contribution in [3.63, 3.8) is 0 Å². The molecule has 0 fully saturated rings. The Bertz CT molecular complexity index is 2130. The number of aryl methyl sites for hydroxylation is 1. The number of aromatic nitrogens is 3. The van der Waals surface area contributed by atoms with Crippen LogP contribution in [-0.2, 0) is 28.1 Å². The molecule has 6 aromatic rings. The standard InChI is InChI=1S/C43H45N5O5/c1-5-52-39(50)36-30-47(26-15-24-45-41(51)53-42(2,3)4)37-28-31(22-23-35(37)38(36)49)29-46-40-44-25-27-48(40)43(32-16-9-6-10-17-32,33-18-11-7-12-19-33)34-20-13-8-14-21-34/h6-14,16-23,25,27-28,30H,5,15,24,26,29H2,1-4H3,(H,44,46)(H,45,51). The molecule has 0 saturated heterocycles. The van der Waals surface area contributed by atoms with E-state index < -0.39 is 28.6 Å². The Morgan fingerprint density at radius 3 is 2.00 bits per heavy atom. The summed E-state index contributed by atoms with van der Waals surface area (Å²) in [7, 11) is 0. The van der Waals surface area contributed by atoms with Gasteiger partial charge in [-0.3, -0.25) is 9.36 Å². The highest BCUT2D eigenvalue weighted by Gasteiger charge is 2.39. The van der Waals surface area contributed by atoms with E-state index in [0.29, 0.717) is 42.9 Å². The summed E-state index contributed by atoms with van der Waals surface area (Å²) < 4.78 is 14.6. The van der Waals surface area contributed by atoms with Gasteiger partial charge in [-0.15, -0.1) is 0 Å². The number of anilines is 1. The number of nitrogens with one attached hydrogen (secondary N) is 2. The molecule has 0 bridgehead atoms. The number of amides is 1. The number of ether oxygens (including phenoxy) is 2. The Balaban J connectivity index is 1.35. The number of pyridine rings is 1. The summed E-state index contributed by atoms with van der Waals surface area (Å²) in [6, 6.07) is 36.8. The lowest BCUT2D eigenvalue weighted by molar-refractivity contribution is 0.0516. The fourth-order valence-corrected chi connectivity index (χ4v) is 6.68. The van der Waals surface area contributed by atoms with Crippen molar-refractivity contribution < 1.29 is 19.1 Å². The zero-order valence-electron chi connectivity index (χ0n) is 30.5. The Morgan fingerprint density at radius 1 is 0.830 bits per heavy atom. The van der Waals surface area contributed by atoms with Crippen LogP contribution in [0.3, 0.4) is 0 Å². The van der Waals surface area contributed by atoms with Gasteiger partial charge in [0.25, 0.3) is 0 Å². The summed E-state index contributed by atoms with van der Waals surface area (Å²) in [4.78, 5) is 43.4. The molecule has 53 heavy (non-hydrogen) atoms. The molecular weight excluding hydrogens is 667 g/mol. The van der Waals surface area contributed by atoms with Gasteiger partial charge in [-0.05, 0) is 68.5 Å². The Hall–Kier alpha value is -6.16. The third-order valence-corrected chi connectivity index (χ3v) is 8.91. The summed E-state index contributed by atoms with van der Waals surface area (Å²) in [5.74, 6) is -0.0127. The molecule has 10 nitrogen and oxygen atoms in total. The topological polar surface area (TPSA) is 116 Å². The summed E-state index contributed by atoms with van der Waals surface area (Å²) >= 11 is 0. The van der Waals surface area contributed by atoms with Crippen molar-refractivity contribution in [1.29, 1.82) is 0 Å². The van der Waals surface area contributed by atoms with Crippen LogP contribution in [0.4, 0.5) is 10.7 Å². The van der Waals surface area contributed by atoms with Crippen LogP contribution in [-0.4, -0.2) is 44.9 Å². The van der Waals surface area contributed by atoms with Crippen LogP contribution in [0.1, 0.15) is 66.7 Å². The van der Waals surface area contributed by atoms with Gasteiger partial charge >= 0.3 is 12.1 Å². The summed E-state index contributed by atoms with van der Waals surface area (Å²) in [6.45, 7) is 8.44. The minimum atomic E-state index is -0.747. The molecule has 2 heterocycles. The predicted octanol–water partition coefficient (Wildman–Crippen LogP) is 7.74. The molecule has 0 saturated carbocycles. The van der Waals surface area contributed by atoms with Crippen LogP contribution < -0.4 is 16.1 Å². The summed E-state index contributed by atoms with van der Waals surface area (Å²) in [5, 5.41) is 6.76. The Morgan fingerprint density at radius 2 is 1.43 bits per heavy atom. The molecule has 6 rings (SSSR count). The van der Waals surface area contributed by atoms with Crippen molar-refractivity contribution in [2.75, 3.05) is 18.5 Å². The van der Waals surface area contributed by atoms with Crippen LogP contribution in [0.25, 0.3) is 10.9 Å². The first kappa shape index (κ1) is 36.6. The first-order valence-corrected chi connectivity index (χ1v) is 17.9. The van der Waals surface area contributed by atoms with Crippen LogP contribution in [0.2, 0.25) is 0 Å². The zero-order valence-corrected chi connectivity index (χ0v) is 30.5. The van der Waals surface area contributed by atoms with Crippen LogP contribution in [0, 0.1) is 0 Å². The molecular formula is C43H45N5O5. The largest absolute Gasteiger partial charge is 0.462 e. The normalized spacial score (nSPS) is 11.6. The van der Waals surface area contributed by atoms with Gasteiger partial charge in [-0.2, -0.15) is 0 Å². The Kier molecular flexibility index (Phi) is 11.1. The number of esters is 1. The van der Waals surface area contributed by atoms with Gasteiger partial charge in [0.1, 0.15) is 16.7 Å². The monoisotopic (exact) mass is 711 g/mol. The SMILES string of the molecule is CCOC(=O)c1cn(CCCNC(=O)OC(C)(C)C)c2cc(CNc3nccn3C(c3ccccc3)(c3ccccc3)c3ccccc3)ccc2c1=O. The lowest BCUT2D eigenvalue weighted by Gasteiger charge is -2.38. The number of carbonyl (C=O) groups excluding carboxylic acids is 2. The second-order valence-electron chi connectivity index (χ2n) is 13.7. The molecule has 0 radical (unpaired) electrons. The van der Waals surface area contributed by atoms with Gasteiger partial charge in [0.2, 0.25) is 11.4 Å². The molecule has 0 aliphatic carbocycles. The fraction of sp³-hybridized carbons (Fsp3) is 0.256. The smallest absolute Gasteiger partial charge is 0.407 e. The van der Waals surface area contributed by atoms with E-state index in [-0.39, 0.29) is 12.2 Å². The minimum absolute atomic E-state index is 0.0357. The molecule has 4 aromatic carbocycles. The second-order valence-corrected chi connectivity index (χ2v) is 13.7. The Labute approximate surface area is 309 Å². The van der Waals surface area contributed by atoms with E-state index in [2.05, 4.69) is 88.0 Å². The number of carbonyl (C=O) groups is 2. The number of hydrogen-bond donors (Lipinski definition) is 2. The van der Waals surface area contributed by atoms with Crippen molar-refractivity contribution in [1.82, 2.24) is 19.4 Å². The van der Waals surface area contributed by atoms with Crippen molar-refractivity contribution >= 4 is 28.9 Å². The number of nitrogens with zero attached hydrogens (tertiary/aromatic N) is 3. The number of alkyl carbamates (subject to hydrolysis) is 1. The van der Waals surface area contributed by atoms with Crippen molar-refractivity contribution in [2.24, 2.45) is 0 Å². The lowest BCUT2D eigenvalue weighted by Crippen LogP contribution is -2.38. The molecule has 272 valence electrons. The molecule has 0 aliphatic rings. The number of hydrogen-bond acceptors (Lipinski definition) is 7. The van der Waals surface area contributed by atoms with Crippen molar-refractivity contribution in [3.8, 4) is 0 Å². The van der Waals surface area contributed by atoms with Gasteiger partial charge in [-0.25, -0.2) is 14.6 Å². The summed E-state index contributed by atoms with van der Waals surface area (Å²) in [5.41, 5.74) is 3.01.